The van der Waals surface area contributed by atoms with E-state index in [1.165, 1.54) is 0 Å². The van der Waals surface area contributed by atoms with Gasteiger partial charge in [-0.2, -0.15) is 0 Å². The molecule has 0 unspecified atom stereocenters. The Balaban J connectivity index is 2.36. The summed E-state index contributed by atoms with van der Waals surface area (Å²) in [5.41, 5.74) is 1.99. The minimum absolute atomic E-state index is 0.297. The second kappa shape index (κ2) is 8.50. The minimum Gasteiger partial charge on any atom is -0.478 e. The number of hydrogen-bond acceptors (Lipinski definition) is 4. The van der Waals surface area contributed by atoms with Crippen LogP contribution >= 0.6 is 0 Å². The van der Waals surface area contributed by atoms with Crippen molar-refractivity contribution in [2.75, 3.05) is 38.8 Å². The molecule has 0 radical (unpaired) electrons. The van der Waals surface area contributed by atoms with Crippen LogP contribution in [-0.2, 0) is 9.47 Å². The Morgan fingerprint density at radius 3 is 2.79 bits per heavy atom. The van der Waals surface area contributed by atoms with Crippen molar-refractivity contribution < 1.29 is 19.4 Å². The fourth-order valence-corrected chi connectivity index (χ4v) is 1.63. The van der Waals surface area contributed by atoms with Gasteiger partial charge in [0.2, 0.25) is 0 Å². The van der Waals surface area contributed by atoms with Gasteiger partial charge in [0, 0.05) is 25.9 Å². The summed E-state index contributed by atoms with van der Waals surface area (Å²) in [6.07, 6.45) is 0.816. The number of carboxylic acid groups (broad SMARTS) is 1. The van der Waals surface area contributed by atoms with E-state index in [9.17, 15) is 4.79 Å². The Kier molecular flexibility index (Phi) is 6.92. The van der Waals surface area contributed by atoms with Gasteiger partial charge in [0.25, 0.3) is 0 Å². The number of hydrogen-bond donors (Lipinski definition) is 2. The molecule has 0 aliphatic carbocycles. The third-order valence-electron chi connectivity index (χ3n) is 2.62. The Morgan fingerprint density at radius 2 is 2.11 bits per heavy atom. The lowest BCUT2D eigenvalue weighted by molar-refractivity contribution is 0.0697. The molecule has 1 aromatic carbocycles. The van der Waals surface area contributed by atoms with Gasteiger partial charge in [-0.25, -0.2) is 4.79 Å². The molecule has 1 rings (SSSR count). The topological polar surface area (TPSA) is 67.8 Å². The van der Waals surface area contributed by atoms with Crippen molar-refractivity contribution in [2.45, 2.75) is 13.3 Å². The van der Waals surface area contributed by atoms with E-state index in [1.54, 1.807) is 19.2 Å². The smallest absolute Gasteiger partial charge is 0.337 e. The number of carbonyl (C=O) groups is 1. The third kappa shape index (κ3) is 5.72. The standard InChI is InChI=1S/C14H21NO4/c1-11-4-5-12(14(16)17)13(10-11)15-6-3-7-19-9-8-18-2/h4-5,10,15H,3,6-9H2,1-2H3,(H,16,17). The summed E-state index contributed by atoms with van der Waals surface area (Å²) in [5.74, 6) is -0.918. The van der Waals surface area contributed by atoms with Gasteiger partial charge in [-0.3, -0.25) is 0 Å². The van der Waals surface area contributed by atoms with Crippen LogP contribution in [0.1, 0.15) is 22.3 Å². The molecule has 5 nitrogen and oxygen atoms in total. The molecule has 0 fully saturated rings. The van der Waals surface area contributed by atoms with Crippen molar-refractivity contribution >= 4 is 11.7 Å². The van der Waals surface area contributed by atoms with Gasteiger partial charge >= 0.3 is 5.97 Å². The maximum Gasteiger partial charge on any atom is 0.337 e. The van der Waals surface area contributed by atoms with E-state index in [0.717, 1.165) is 12.0 Å². The first-order chi connectivity index (χ1) is 9.15. The molecule has 1 aromatic rings. The van der Waals surface area contributed by atoms with Gasteiger partial charge in [0.1, 0.15) is 0 Å². The van der Waals surface area contributed by atoms with Crippen LogP contribution in [0.5, 0.6) is 0 Å². The van der Waals surface area contributed by atoms with Crippen LogP contribution in [0, 0.1) is 6.92 Å². The van der Waals surface area contributed by atoms with Crippen molar-refractivity contribution in [1.29, 1.82) is 0 Å². The van der Waals surface area contributed by atoms with Crippen molar-refractivity contribution in [3.63, 3.8) is 0 Å². The quantitative estimate of drug-likeness (QED) is 0.671. The zero-order valence-electron chi connectivity index (χ0n) is 11.4. The van der Waals surface area contributed by atoms with E-state index in [0.29, 0.717) is 37.6 Å². The van der Waals surface area contributed by atoms with Crippen LogP contribution < -0.4 is 5.32 Å². The fraction of sp³-hybridized carbons (Fsp3) is 0.500. The fourth-order valence-electron chi connectivity index (χ4n) is 1.63. The Bertz CT molecular complexity index is 406. The zero-order chi connectivity index (χ0) is 14.1. The highest BCUT2D eigenvalue weighted by Gasteiger charge is 2.09. The predicted molar refractivity (Wildman–Crippen MR) is 73.9 cm³/mol. The number of benzene rings is 1. The first-order valence-corrected chi connectivity index (χ1v) is 6.29. The largest absolute Gasteiger partial charge is 0.478 e. The maximum atomic E-state index is 11.1. The van der Waals surface area contributed by atoms with Crippen LogP contribution in [0.3, 0.4) is 0 Å². The summed E-state index contributed by atoms with van der Waals surface area (Å²) < 4.78 is 10.2. The van der Waals surface area contributed by atoms with Crippen LogP contribution in [0.2, 0.25) is 0 Å². The molecule has 2 N–H and O–H groups in total. The van der Waals surface area contributed by atoms with E-state index in [-0.39, 0.29) is 0 Å². The molecule has 5 heteroatoms. The lowest BCUT2D eigenvalue weighted by atomic mass is 10.1. The number of aromatic carboxylic acids is 1. The van der Waals surface area contributed by atoms with Gasteiger partial charge in [-0.05, 0) is 31.0 Å². The molecule has 0 aromatic heterocycles. The highest BCUT2D eigenvalue weighted by atomic mass is 16.5. The summed E-state index contributed by atoms with van der Waals surface area (Å²) in [6.45, 7) is 4.42. The molecule has 0 bridgehead atoms. The van der Waals surface area contributed by atoms with E-state index in [2.05, 4.69) is 5.32 Å². The summed E-state index contributed by atoms with van der Waals surface area (Å²) in [7, 11) is 1.64. The molecular weight excluding hydrogens is 246 g/mol. The van der Waals surface area contributed by atoms with Crippen molar-refractivity contribution in [3.8, 4) is 0 Å². The normalized spacial score (nSPS) is 10.4. The first kappa shape index (κ1) is 15.5. The predicted octanol–water partition coefficient (Wildman–Crippen LogP) is 2.16. The Hall–Kier alpha value is -1.59. The summed E-state index contributed by atoms with van der Waals surface area (Å²) in [4.78, 5) is 11.1. The van der Waals surface area contributed by atoms with Crippen molar-refractivity contribution in [1.82, 2.24) is 0 Å². The summed E-state index contributed by atoms with van der Waals surface area (Å²) in [5, 5.41) is 12.2. The van der Waals surface area contributed by atoms with Gasteiger partial charge < -0.3 is 19.9 Å². The number of methoxy groups -OCH3 is 1. The monoisotopic (exact) mass is 267 g/mol. The Labute approximate surface area is 113 Å². The van der Waals surface area contributed by atoms with E-state index < -0.39 is 5.97 Å². The zero-order valence-corrected chi connectivity index (χ0v) is 11.4. The number of ether oxygens (including phenoxy) is 2. The van der Waals surface area contributed by atoms with E-state index in [1.807, 2.05) is 13.0 Å². The van der Waals surface area contributed by atoms with E-state index in [4.69, 9.17) is 14.6 Å². The van der Waals surface area contributed by atoms with Gasteiger partial charge in [0.15, 0.2) is 0 Å². The van der Waals surface area contributed by atoms with Crippen molar-refractivity contribution in [3.05, 3.63) is 29.3 Å². The first-order valence-electron chi connectivity index (χ1n) is 6.29. The highest BCUT2D eigenvalue weighted by Crippen LogP contribution is 2.17. The molecule has 0 heterocycles. The minimum atomic E-state index is -0.918. The van der Waals surface area contributed by atoms with Crippen molar-refractivity contribution in [2.24, 2.45) is 0 Å². The number of aryl methyl sites for hydroxylation is 1. The summed E-state index contributed by atoms with van der Waals surface area (Å²) >= 11 is 0. The average Bonchev–Trinajstić information content (AvgIpc) is 2.37. The van der Waals surface area contributed by atoms with Crippen LogP contribution in [-0.4, -0.2) is 44.6 Å². The molecular formula is C14H21NO4. The SMILES string of the molecule is COCCOCCCNc1cc(C)ccc1C(=O)O. The Morgan fingerprint density at radius 1 is 1.32 bits per heavy atom. The molecule has 0 spiro atoms. The molecule has 19 heavy (non-hydrogen) atoms. The second-order valence-corrected chi connectivity index (χ2v) is 4.24. The molecule has 0 amide bonds. The number of carboxylic acids is 1. The van der Waals surface area contributed by atoms with Crippen LogP contribution in [0.25, 0.3) is 0 Å². The molecule has 0 saturated heterocycles. The summed E-state index contributed by atoms with van der Waals surface area (Å²) in [6, 6.07) is 5.26. The number of anilines is 1. The van der Waals surface area contributed by atoms with Gasteiger partial charge in [0.05, 0.1) is 18.8 Å². The average molecular weight is 267 g/mol. The maximum absolute atomic E-state index is 11.1. The van der Waals surface area contributed by atoms with Crippen LogP contribution in [0.15, 0.2) is 18.2 Å². The molecule has 0 aliphatic heterocycles. The highest BCUT2D eigenvalue weighted by molar-refractivity contribution is 5.94. The number of nitrogens with one attached hydrogen (secondary N) is 1. The van der Waals surface area contributed by atoms with E-state index >= 15 is 0 Å². The molecule has 0 atom stereocenters. The third-order valence-corrected chi connectivity index (χ3v) is 2.62. The number of rotatable bonds is 9. The van der Waals surface area contributed by atoms with Gasteiger partial charge in [-0.1, -0.05) is 6.07 Å². The lowest BCUT2D eigenvalue weighted by Gasteiger charge is -2.10. The molecule has 106 valence electrons. The molecule has 0 saturated carbocycles. The van der Waals surface area contributed by atoms with Crippen LogP contribution in [0.4, 0.5) is 5.69 Å². The van der Waals surface area contributed by atoms with Gasteiger partial charge in [-0.15, -0.1) is 0 Å². The second-order valence-electron chi connectivity index (χ2n) is 4.24. The lowest BCUT2D eigenvalue weighted by Crippen LogP contribution is -2.11. The molecule has 0 aliphatic rings.